The molecule has 1 aliphatic carbocycles. The molecule has 18 heavy (non-hydrogen) atoms. The van der Waals surface area contributed by atoms with E-state index in [2.05, 4.69) is 6.92 Å². The second kappa shape index (κ2) is 5.31. The van der Waals surface area contributed by atoms with Gasteiger partial charge >= 0.3 is 0 Å². The van der Waals surface area contributed by atoms with Gasteiger partial charge in [-0.25, -0.2) is 13.2 Å². The van der Waals surface area contributed by atoms with Crippen molar-refractivity contribution in [2.24, 2.45) is 17.6 Å². The zero-order chi connectivity index (χ0) is 13.3. The largest absolute Gasteiger partial charge is 0.324 e. The highest BCUT2D eigenvalue weighted by atomic mass is 19.2. The number of nitrogens with two attached hydrogens (primary N) is 1. The molecule has 2 rings (SSSR count). The first-order valence-corrected chi connectivity index (χ1v) is 6.43. The molecule has 0 spiro atoms. The van der Waals surface area contributed by atoms with Gasteiger partial charge < -0.3 is 5.73 Å². The summed E-state index contributed by atoms with van der Waals surface area (Å²) in [5.74, 6) is -2.94. The van der Waals surface area contributed by atoms with Crippen molar-refractivity contribution >= 4 is 0 Å². The van der Waals surface area contributed by atoms with Gasteiger partial charge in [-0.1, -0.05) is 25.8 Å². The van der Waals surface area contributed by atoms with Crippen LogP contribution >= 0.6 is 0 Å². The highest BCUT2D eigenvalue weighted by Crippen LogP contribution is 2.40. The lowest BCUT2D eigenvalue weighted by molar-refractivity contribution is 0.387. The van der Waals surface area contributed by atoms with Crippen LogP contribution in [0.4, 0.5) is 13.2 Å². The zero-order valence-corrected chi connectivity index (χ0v) is 10.4. The van der Waals surface area contributed by atoms with Crippen molar-refractivity contribution in [3.63, 3.8) is 0 Å². The fraction of sp³-hybridized carbons (Fsp3) is 0.571. The van der Waals surface area contributed by atoms with Gasteiger partial charge in [0.25, 0.3) is 0 Å². The first-order valence-electron chi connectivity index (χ1n) is 6.43. The molecule has 1 nitrogen and oxygen atoms in total. The minimum atomic E-state index is -1.42. The van der Waals surface area contributed by atoms with Crippen LogP contribution in [0.1, 0.15) is 44.2 Å². The molecule has 100 valence electrons. The third-order valence-corrected chi connectivity index (χ3v) is 4.09. The molecule has 0 radical (unpaired) electrons. The fourth-order valence-corrected chi connectivity index (χ4v) is 2.86. The predicted molar refractivity (Wildman–Crippen MR) is 64.4 cm³/mol. The van der Waals surface area contributed by atoms with Crippen molar-refractivity contribution in [1.82, 2.24) is 0 Å². The molecule has 0 heterocycles. The normalized spacial score (nSPS) is 25.4. The molecule has 0 amide bonds. The molecule has 1 aromatic rings. The number of hydrogen-bond acceptors (Lipinski definition) is 1. The molecular weight excluding hydrogens is 239 g/mol. The lowest BCUT2D eigenvalue weighted by atomic mass is 9.91. The summed E-state index contributed by atoms with van der Waals surface area (Å²) in [6.07, 6.45) is 4.04. The predicted octanol–water partition coefficient (Wildman–Crippen LogP) is 3.93. The van der Waals surface area contributed by atoms with Gasteiger partial charge in [-0.2, -0.15) is 0 Å². The van der Waals surface area contributed by atoms with Crippen LogP contribution in [0.15, 0.2) is 12.1 Å². The van der Waals surface area contributed by atoms with Crippen molar-refractivity contribution < 1.29 is 13.2 Å². The Morgan fingerprint density at radius 1 is 1.22 bits per heavy atom. The van der Waals surface area contributed by atoms with Gasteiger partial charge in [-0.15, -0.1) is 0 Å². The van der Waals surface area contributed by atoms with E-state index < -0.39 is 23.5 Å². The standard InChI is InChI=1S/C14H18F3N/c1-2-8-3-4-9(7-8)14(18)10-5-6-11(15)13(17)12(10)16/h5-6,8-9,14H,2-4,7,18H2,1H3. The van der Waals surface area contributed by atoms with E-state index >= 15 is 0 Å². The van der Waals surface area contributed by atoms with Crippen LogP contribution in [-0.4, -0.2) is 0 Å². The third-order valence-electron chi connectivity index (χ3n) is 4.09. The molecule has 3 unspecified atom stereocenters. The van der Waals surface area contributed by atoms with Gasteiger partial charge in [0.1, 0.15) is 0 Å². The van der Waals surface area contributed by atoms with Gasteiger partial charge in [-0.05, 0) is 30.7 Å². The zero-order valence-electron chi connectivity index (χ0n) is 10.4. The van der Waals surface area contributed by atoms with Crippen molar-refractivity contribution in [2.45, 2.75) is 38.6 Å². The van der Waals surface area contributed by atoms with Crippen molar-refractivity contribution in [3.8, 4) is 0 Å². The van der Waals surface area contributed by atoms with E-state index in [1.165, 1.54) is 6.07 Å². The van der Waals surface area contributed by atoms with Crippen molar-refractivity contribution in [3.05, 3.63) is 35.1 Å². The average Bonchev–Trinajstić information content (AvgIpc) is 2.84. The Morgan fingerprint density at radius 2 is 1.94 bits per heavy atom. The summed E-state index contributed by atoms with van der Waals surface area (Å²) >= 11 is 0. The number of hydrogen-bond donors (Lipinski definition) is 1. The summed E-state index contributed by atoms with van der Waals surface area (Å²) in [5, 5.41) is 0. The molecule has 2 N–H and O–H groups in total. The molecule has 0 aliphatic heterocycles. The van der Waals surface area contributed by atoms with E-state index in [9.17, 15) is 13.2 Å². The van der Waals surface area contributed by atoms with Crippen molar-refractivity contribution in [1.29, 1.82) is 0 Å². The molecule has 3 atom stereocenters. The number of halogens is 3. The second-order valence-electron chi connectivity index (χ2n) is 5.14. The maximum absolute atomic E-state index is 13.7. The lowest BCUT2D eigenvalue weighted by Crippen LogP contribution is -2.21. The van der Waals surface area contributed by atoms with E-state index in [0.29, 0.717) is 5.92 Å². The van der Waals surface area contributed by atoms with Gasteiger partial charge in [0.15, 0.2) is 17.5 Å². The molecule has 0 aromatic heterocycles. The molecule has 1 fully saturated rings. The Labute approximate surface area is 105 Å². The Hall–Kier alpha value is -1.03. The van der Waals surface area contributed by atoms with Crippen molar-refractivity contribution in [2.75, 3.05) is 0 Å². The minimum absolute atomic E-state index is 0.0932. The summed E-state index contributed by atoms with van der Waals surface area (Å²) < 4.78 is 39.7. The Bertz CT molecular complexity index is 433. The topological polar surface area (TPSA) is 26.0 Å². The van der Waals surface area contributed by atoms with Crippen LogP contribution in [0.25, 0.3) is 0 Å². The van der Waals surface area contributed by atoms with E-state index in [0.717, 1.165) is 31.7 Å². The molecule has 1 aromatic carbocycles. The molecule has 1 aliphatic rings. The monoisotopic (exact) mass is 257 g/mol. The fourth-order valence-electron chi connectivity index (χ4n) is 2.86. The first-order chi connectivity index (χ1) is 8.54. The smallest absolute Gasteiger partial charge is 0.194 e. The van der Waals surface area contributed by atoms with Crippen LogP contribution < -0.4 is 5.73 Å². The Kier molecular flexibility index (Phi) is 3.95. The SMILES string of the molecule is CCC1CCC(C(N)c2ccc(F)c(F)c2F)C1. The summed E-state index contributed by atoms with van der Waals surface area (Å²) in [6.45, 7) is 2.12. The average molecular weight is 257 g/mol. The van der Waals surface area contributed by atoms with E-state index in [1.807, 2.05) is 0 Å². The summed E-state index contributed by atoms with van der Waals surface area (Å²) in [6, 6.07) is 1.66. The van der Waals surface area contributed by atoms with E-state index in [4.69, 9.17) is 5.73 Å². The van der Waals surface area contributed by atoms with E-state index in [1.54, 1.807) is 0 Å². The maximum atomic E-state index is 13.7. The van der Waals surface area contributed by atoms with Crippen LogP contribution in [0.2, 0.25) is 0 Å². The lowest BCUT2D eigenvalue weighted by Gasteiger charge is -2.20. The third kappa shape index (κ3) is 2.39. The van der Waals surface area contributed by atoms with Gasteiger partial charge in [0.05, 0.1) is 0 Å². The highest BCUT2D eigenvalue weighted by molar-refractivity contribution is 5.24. The first kappa shape index (κ1) is 13.4. The van der Waals surface area contributed by atoms with Crippen LogP contribution in [0, 0.1) is 29.3 Å². The number of rotatable bonds is 3. The van der Waals surface area contributed by atoms with Crippen LogP contribution in [0.5, 0.6) is 0 Å². The maximum Gasteiger partial charge on any atom is 0.194 e. The summed E-state index contributed by atoms with van der Waals surface area (Å²) in [5.41, 5.74) is 6.10. The molecule has 4 heteroatoms. The second-order valence-corrected chi connectivity index (χ2v) is 5.14. The van der Waals surface area contributed by atoms with Gasteiger partial charge in [0.2, 0.25) is 0 Å². The molecule has 0 saturated heterocycles. The van der Waals surface area contributed by atoms with E-state index in [-0.39, 0.29) is 11.5 Å². The molecular formula is C14H18F3N. The van der Waals surface area contributed by atoms with Crippen LogP contribution in [0.3, 0.4) is 0 Å². The quantitative estimate of drug-likeness (QED) is 0.816. The molecule has 0 bridgehead atoms. The van der Waals surface area contributed by atoms with Crippen LogP contribution in [-0.2, 0) is 0 Å². The van der Waals surface area contributed by atoms with Gasteiger partial charge in [0, 0.05) is 11.6 Å². The summed E-state index contributed by atoms with van der Waals surface area (Å²) in [4.78, 5) is 0. The van der Waals surface area contributed by atoms with Gasteiger partial charge in [-0.3, -0.25) is 0 Å². The highest BCUT2D eigenvalue weighted by Gasteiger charge is 2.31. The Morgan fingerprint density at radius 3 is 2.56 bits per heavy atom. The molecule has 1 saturated carbocycles. The minimum Gasteiger partial charge on any atom is -0.324 e. The number of benzene rings is 1. The Balaban J connectivity index is 2.19. The summed E-state index contributed by atoms with van der Waals surface area (Å²) in [7, 11) is 0.